The van der Waals surface area contributed by atoms with Crippen molar-refractivity contribution in [2.24, 2.45) is 5.73 Å². The van der Waals surface area contributed by atoms with Crippen LogP contribution in [0.15, 0.2) is 5.82 Å². The van der Waals surface area contributed by atoms with E-state index in [9.17, 15) is 0 Å². The summed E-state index contributed by atoms with van der Waals surface area (Å²) >= 11 is 0. The lowest BCUT2D eigenvalue weighted by atomic mass is 10.2. The van der Waals surface area contributed by atoms with Crippen molar-refractivity contribution >= 4 is 11.8 Å². The molecule has 0 unspecified atom stereocenters. The van der Waals surface area contributed by atoms with E-state index in [2.05, 4.69) is 32.3 Å². The first-order valence-electron chi connectivity index (χ1n) is 4.93. The highest BCUT2D eigenvalue weighted by Crippen LogP contribution is 2.07. The lowest BCUT2D eigenvalue weighted by Crippen LogP contribution is -2.25. The molecule has 1 heterocycles. The van der Waals surface area contributed by atoms with Gasteiger partial charge in [-0.15, -0.1) is 5.10 Å². The highest BCUT2D eigenvalue weighted by Gasteiger charge is 2.09. The van der Waals surface area contributed by atoms with E-state index in [4.69, 9.17) is 16.2 Å². The first-order valence-corrected chi connectivity index (χ1v) is 4.93. The minimum atomic E-state index is -0.0467. The average Bonchev–Trinajstić information content (AvgIpc) is 2.76. The van der Waals surface area contributed by atoms with Crippen LogP contribution in [-0.2, 0) is 0 Å². The maximum Gasteiger partial charge on any atom is 0.225 e. The quantitative estimate of drug-likeness (QED) is 0.331. The molecule has 0 saturated carbocycles. The SMILES string of the molecule is CC#Cc1n[nH]c(/C(C=N)=C(\N)NCCO)n1. The molecule has 0 aliphatic heterocycles. The van der Waals surface area contributed by atoms with Crippen molar-refractivity contribution in [1.82, 2.24) is 20.5 Å². The first kappa shape index (κ1) is 12.7. The molecule has 0 bridgehead atoms. The van der Waals surface area contributed by atoms with Gasteiger partial charge in [-0.05, 0) is 12.8 Å². The number of allylic oxidation sites excluding steroid dienone is 1. The van der Waals surface area contributed by atoms with Gasteiger partial charge < -0.3 is 21.6 Å². The summed E-state index contributed by atoms with van der Waals surface area (Å²) in [6.45, 7) is 1.94. The summed E-state index contributed by atoms with van der Waals surface area (Å²) in [5.41, 5.74) is 6.08. The topological polar surface area (TPSA) is 124 Å². The molecule has 0 aliphatic rings. The van der Waals surface area contributed by atoms with Crippen LogP contribution in [0.3, 0.4) is 0 Å². The van der Waals surface area contributed by atoms with Crippen molar-refractivity contribution in [3.8, 4) is 11.8 Å². The van der Waals surface area contributed by atoms with E-state index in [0.29, 0.717) is 23.8 Å². The molecule has 7 nitrogen and oxygen atoms in total. The summed E-state index contributed by atoms with van der Waals surface area (Å²) in [4.78, 5) is 4.07. The van der Waals surface area contributed by atoms with Crippen molar-refractivity contribution in [2.75, 3.05) is 13.2 Å². The van der Waals surface area contributed by atoms with Crippen LogP contribution in [0.4, 0.5) is 0 Å². The van der Waals surface area contributed by atoms with E-state index in [1.165, 1.54) is 0 Å². The molecule has 0 atom stereocenters. The fraction of sp³-hybridized carbons (Fsp3) is 0.300. The number of hydrogen-bond donors (Lipinski definition) is 5. The van der Waals surface area contributed by atoms with E-state index < -0.39 is 0 Å². The molecule has 0 aliphatic carbocycles. The van der Waals surface area contributed by atoms with Crippen molar-refractivity contribution in [3.63, 3.8) is 0 Å². The molecule has 1 aromatic heterocycles. The molecule has 1 aromatic rings. The molecule has 6 N–H and O–H groups in total. The number of hydrogen-bond acceptors (Lipinski definition) is 6. The van der Waals surface area contributed by atoms with Gasteiger partial charge in [-0.3, -0.25) is 5.10 Å². The van der Waals surface area contributed by atoms with Gasteiger partial charge in [0.2, 0.25) is 5.82 Å². The molecule has 0 saturated heterocycles. The summed E-state index contributed by atoms with van der Waals surface area (Å²) in [7, 11) is 0. The Labute approximate surface area is 98.6 Å². The average molecular weight is 234 g/mol. The summed E-state index contributed by atoms with van der Waals surface area (Å²) in [5.74, 6) is 6.31. The third kappa shape index (κ3) is 3.32. The predicted molar refractivity (Wildman–Crippen MR) is 63.9 cm³/mol. The highest BCUT2D eigenvalue weighted by atomic mass is 16.3. The van der Waals surface area contributed by atoms with Crippen LogP contribution in [0, 0.1) is 17.3 Å². The monoisotopic (exact) mass is 234 g/mol. The standard InChI is InChI=1S/C10H14N6O/c1-2-3-8-14-10(16-15-8)7(6-11)9(12)13-4-5-17/h6,11,13,17H,4-5,12H2,1H3,(H,14,15,16)/b9-7+,11-6?. The fourth-order valence-corrected chi connectivity index (χ4v) is 1.11. The van der Waals surface area contributed by atoms with Crippen molar-refractivity contribution in [1.29, 1.82) is 5.41 Å². The number of aromatic amines is 1. The molecule has 7 heteroatoms. The molecular formula is C10H14N6O. The van der Waals surface area contributed by atoms with Gasteiger partial charge in [0.25, 0.3) is 0 Å². The Morgan fingerprint density at radius 3 is 3.06 bits per heavy atom. The lowest BCUT2D eigenvalue weighted by Gasteiger charge is -2.06. The van der Waals surface area contributed by atoms with Gasteiger partial charge in [-0.25, -0.2) is 0 Å². The Bertz CT molecular complexity index is 478. The number of nitrogens with zero attached hydrogens (tertiary/aromatic N) is 2. The van der Waals surface area contributed by atoms with E-state index in [1.54, 1.807) is 6.92 Å². The minimum absolute atomic E-state index is 0.0467. The highest BCUT2D eigenvalue weighted by molar-refractivity contribution is 6.07. The molecular weight excluding hydrogens is 220 g/mol. The third-order valence-corrected chi connectivity index (χ3v) is 1.84. The van der Waals surface area contributed by atoms with Gasteiger partial charge >= 0.3 is 0 Å². The number of nitrogens with one attached hydrogen (secondary N) is 3. The van der Waals surface area contributed by atoms with Gasteiger partial charge in [0.05, 0.1) is 12.2 Å². The second kappa shape index (κ2) is 6.30. The van der Waals surface area contributed by atoms with E-state index in [1.807, 2.05) is 0 Å². The van der Waals surface area contributed by atoms with Crippen LogP contribution in [0.2, 0.25) is 0 Å². The van der Waals surface area contributed by atoms with Crippen LogP contribution >= 0.6 is 0 Å². The second-order valence-corrected chi connectivity index (χ2v) is 3.00. The van der Waals surface area contributed by atoms with Crippen LogP contribution in [0.1, 0.15) is 18.6 Å². The van der Waals surface area contributed by atoms with Gasteiger partial charge in [-0.2, -0.15) is 4.98 Å². The third-order valence-electron chi connectivity index (χ3n) is 1.84. The summed E-state index contributed by atoms with van der Waals surface area (Å²) in [6, 6.07) is 0. The minimum Gasteiger partial charge on any atom is -0.395 e. The predicted octanol–water partition coefficient (Wildman–Crippen LogP) is -0.965. The largest absolute Gasteiger partial charge is 0.395 e. The zero-order valence-electron chi connectivity index (χ0n) is 9.41. The van der Waals surface area contributed by atoms with E-state index in [-0.39, 0.29) is 12.4 Å². The van der Waals surface area contributed by atoms with Crippen molar-refractivity contribution in [3.05, 3.63) is 17.5 Å². The molecule has 0 amide bonds. The normalized spacial score (nSPS) is 11.2. The van der Waals surface area contributed by atoms with Crippen molar-refractivity contribution in [2.45, 2.75) is 6.92 Å². The number of rotatable bonds is 5. The number of aliphatic hydroxyl groups is 1. The lowest BCUT2D eigenvalue weighted by molar-refractivity contribution is 0.297. The molecule has 1 rings (SSSR count). The Kier molecular flexibility index (Phi) is 4.72. The van der Waals surface area contributed by atoms with Crippen LogP contribution in [-0.4, -0.2) is 39.7 Å². The van der Waals surface area contributed by atoms with Crippen LogP contribution < -0.4 is 11.1 Å². The Morgan fingerprint density at radius 1 is 1.71 bits per heavy atom. The van der Waals surface area contributed by atoms with Crippen molar-refractivity contribution < 1.29 is 5.11 Å². The van der Waals surface area contributed by atoms with Gasteiger partial charge in [0.15, 0.2) is 5.82 Å². The smallest absolute Gasteiger partial charge is 0.225 e. The maximum atomic E-state index is 8.66. The molecule has 0 aromatic carbocycles. The van der Waals surface area contributed by atoms with Gasteiger partial charge in [0, 0.05) is 12.8 Å². The molecule has 90 valence electrons. The number of nitrogens with two attached hydrogens (primary N) is 1. The second-order valence-electron chi connectivity index (χ2n) is 3.00. The molecule has 0 fully saturated rings. The fourth-order valence-electron chi connectivity index (χ4n) is 1.11. The van der Waals surface area contributed by atoms with E-state index >= 15 is 0 Å². The molecule has 0 radical (unpaired) electrons. The summed E-state index contributed by atoms with van der Waals surface area (Å²) in [6.07, 6.45) is 1.06. The Morgan fingerprint density at radius 2 is 2.47 bits per heavy atom. The summed E-state index contributed by atoms with van der Waals surface area (Å²) < 4.78 is 0. The Balaban J connectivity index is 2.98. The zero-order valence-corrected chi connectivity index (χ0v) is 9.41. The number of aromatic nitrogens is 3. The number of H-pyrrole nitrogens is 1. The van der Waals surface area contributed by atoms with Gasteiger partial charge in [-0.1, -0.05) is 5.92 Å². The van der Waals surface area contributed by atoms with Crippen LogP contribution in [0.25, 0.3) is 5.57 Å². The Hall–Kier alpha value is -2.33. The van der Waals surface area contributed by atoms with Crippen LogP contribution in [0.5, 0.6) is 0 Å². The molecule has 17 heavy (non-hydrogen) atoms. The van der Waals surface area contributed by atoms with E-state index in [0.717, 1.165) is 6.21 Å². The maximum absolute atomic E-state index is 8.66. The number of aliphatic hydroxyl groups excluding tert-OH is 1. The van der Waals surface area contributed by atoms with Gasteiger partial charge in [0.1, 0.15) is 5.82 Å². The molecule has 0 spiro atoms. The zero-order chi connectivity index (χ0) is 12.7. The first-order chi connectivity index (χ1) is 8.22. The summed E-state index contributed by atoms with van der Waals surface area (Å²) in [5, 5.41) is 25.2.